The highest BCUT2D eigenvalue weighted by Crippen LogP contribution is 2.27. The van der Waals surface area contributed by atoms with E-state index < -0.39 is 0 Å². The number of rotatable bonds is 5. The molecule has 1 unspecified atom stereocenters. The minimum absolute atomic E-state index is 0.157. The second-order valence-electron chi connectivity index (χ2n) is 5.44. The molecular weight excluding hydrogens is 392 g/mol. The Hall–Kier alpha value is -0.840. The maximum absolute atomic E-state index is 5.97. The smallest absolute Gasteiger partial charge is 0.0426 e. The Labute approximate surface area is 143 Å². The molecule has 112 valence electrons. The Bertz CT molecular complexity index is 611. The van der Waals surface area contributed by atoms with Crippen LogP contribution >= 0.6 is 31.9 Å². The van der Waals surface area contributed by atoms with Gasteiger partial charge in [-0.05, 0) is 48.7 Å². The van der Waals surface area contributed by atoms with E-state index in [9.17, 15) is 0 Å². The van der Waals surface area contributed by atoms with Gasteiger partial charge in [0, 0.05) is 34.3 Å². The molecule has 2 aromatic carbocycles. The molecule has 2 rings (SSSR count). The SMILES string of the molecule is CC(N)Cc1ccc(Br)cc1N(C)Cc1cccc(Br)c1. The van der Waals surface area contributed by atoms with E-state index in [0.29, 0.717) is 0 Å². The van der Waals surface area contributed by atoms with Gasteiger partial charge in [-0.3, -0.25) is 0 Å². The van der Waals surface area contributed by atoms with Crippen LogP contribution in [0, 0.1) is 0 Å². The van der Waals surface area contributed by atoms with Gasteiger partial charge in [0.1, 0.15) is 0 Å². The monoisotopic (exact) mass is 410 g/mol. The molecule has 0 radical (unpaired) electrons. The Balaban J connectivity index is 2.25. The molecule has 1 atom stereocenters. The van der Waals surface area contributed by atoms with Crippen LogP contribution in [0.25, 0.3) is 0 Å². The van der Waals surface area contributed by atoms with Crippen LogP contribution in [0.3, 0.4) is 0 Å². The van der Waals surface area contributed by atoms with E-state index in [1.807, 2.05) is 13.0 Å². The van der Waals surface area contributed by atoms with Gasteiger partial charge in [0.25, 0.3) is 0 Å². The van der Waals surface area contributed by atoms with Gasteiger partial charge in [0.15, 0.2) is 0 Å². The average molecular weight is 412 g/mol. The first-order chi connectivity index (χ1) is 9.95. The van der Waals surface area contributed by atoms with Crippen molar-refractivity contribution in [2.75, 3.05) is 11.9 Å². The van der Waals surface area contributed by atoms with Gasteiger partial charge < -0.3 is 10.6 Å². The molecule has 2 nitrogen and oxygen atoms in total. The summed E-state index contributed by atoms with van der Waals surface area (Å²) in [5.74, 6) is 0. The average Bonchev–Trinajstić information content (AvgIpc) is 2.40. The van der Waals surface area contributed by atoms with E-state index in [-0.39, 0.29) is 6.04 Å². The highest BCUT2D eigenvalue weighted by molar-refractivity contribution is 9.10. The highest BCUT2D eigenvalue weighted by Gasteiger charge is 2.10. The summed E-state index contributed by atoms with van der Waals surface area (Å²) in [5, 5.41) is 0. The third-order valence-electron chi connectivity index (χ3n) is 3.31. The van der Waals surface area contributed by atoms with Crippen LogP contribution in [0.1, 0.15) is 18.1 Å². The molecule has 0 amide bonds. The van der Waals surface area contributed by atoms with E-state index in [2.05, 4.69) is 80.2 Å². The molecule has 0 aliphatic heterocycles. The van der Waals surface area contributed by atoms with Gasteiger partial charge in [-0.15, -0.1) is 0 Å². The number of halogens is 2. The second kappa shape index (κ2) is 7.43. The summed E-state index contributed by atoms with van der Waals surface area (Å²) in [7, 11) is 2.12. The molecule has 2 N–H and O–H groups in total. The van der Waals surface area contributed by atoms with Crippen molar-refractivity contribution in [3.63, 3.8) is 0 Å². The zero-order chi connectivity index (χ0) is 15.4. The molecule has 0 aliphatic rings. The van der Waals surface area contributed by atoms with Gasteiger partial charge in [0.05, 0.1) is 0 Å². The summed E-state index contributed by atoms with van der Waals surface area (Å²) in [4.78, 5) is 2.27. The molecular formula is C17H20Br2N2. The number of hydrogen-bond donors (Lipinski definition) is 1. The minimum atomic E-state index is 0.157. The van der Waals surface area contributed by atoms with Crippen LogP contribution in [0.15, 0.2) is 51.4 Å². The lowest BCUT2D eigenvalue weighted by Crippen LogP contribution is -2.22. The molecule has 0 spiro atoms. The first-order valence-electron chi connectivity index (χ1n) is 6.95. The summed E-state index contributed by atoms with van der Waals surface area (Å²) in [6.45, 7) is 2.90. The quantitative estimate of drug-likeness (QED) is 0.769. The van der Waals surface area contributed by atoms with E-state index in [0.717, 1.165) is 21.9 Å². The Morgan fingerprint density at radius 2 is 1.81 bits per heavy atom. The van der Waals surface area contributed by atoms with Gasteiger partial charge in [0.2, 0.25) is 0 Å². The molecule has 0 saturated heterocycles. The lowest BCUT2D eigenvalue weighted by atomic mass is 10.0. The molecule has 2 aromatic rings. The third-order valence-corrected chi connectivity index (χ3v) is 4.30. The molecule has 0 bridgehead atoms. The van der Waals surface area contributed by atoms with Gasteiger partial charge in [-0.1, -0.05) is 50.1 Å². The summed E-state index contributed by atoms with van der Waals surface area (Å²) >= 11 is 7.09. The fourth-order valence-electron chi connectivity index (χ4n) is 2.41. The number of hydrogen-bond acceptors (Lipinski definition) is 2. The van der Waals surface area contributed by atoms with Crippen molar-refractivity contribution in [1.82, 2.24) is 0 Å². The largest absolute Gasteiger partial charge is 0.370 e. The van der Waals surface area contributed by atoms with E-state index in [1.165, 1.54) is 16.8 Å². The fraction of sp³-hybridized carbons (Fsp3) is 0.294. The first-order valence-corrected chi connectivity index (χ1v) is 8.54. The van der Waals surface area contributed by atoms with Gasteiger partial charge in [-0.2, -0.15) is 0 Å². The van der Waals surface area contributed by atoms with Crippen LogP contribution < -0.4 is 10.6 Å². The standard InChI is InChI=1S/C17H20Br2N2/c1-12(20)8-14-6-7-16(19)10-17(14)21(2)11-13-4-3-5-15(18)9-13/h3-7,9-10,12H,8,11,20H2,1-2H3. The Morgan fingerprint density at radius 1 is 1.10 bits per heavy atom. The molecule has 0 heterocycles. The first kappa shape index (κ1) is 16.5. The maximum Gasteiger partial charge on any atom is 0.0426 e. The van der Waals surface area contributed by atoms with Crippen LogP contribution in [0.5, 0.6) is 0 Å². The van der Waals surface area contributed by atoms with Crippen molar-refractivity contribution in [3.8, 4) is 0 Å². The van der Waals surface area contributed by atoms with Gasteiger partial charge in [-0.25, -0.2) is 0 Å². The Kier molecular flexibility index (Phi) is 5.85. The van der Waals surface area contributed by atoms with E-state index in [4.69, 9.17) is 5.73 Å². The van der Waals surface area contributed by atoms with Crippen molar-refractivity contribution in [3.05, 3.63) is 62.5 Å². The van der Waals surface area contributed by atoms with Crippen LogP contribution in [-0.2, 0) is 13.0 Å². The molecule has 0 fully saturated rings. The van der Waals surface area contributed by atoms with Crippen molar-refractivity contribution >= 4 is 37.5 Å². The van der Waals surface area contributed by atoms with Crippen molar-refractivity contribution < 1.29 is 0 Å². The third kappa shape index (κ3) is 4.83. The molecule has 21 heavy (non-hydrogen) atoms. The highest BCUT2D eigenvalue weighted by atomic mass is 79.9. The number of anilines is 1. The van der Waals surface area contributed by atoms with Crippen molar-refractivity contribution in [2.45, 2.75) is 25.9 Å². The summed E-state index contributed by atoms with van der Waals surface area (Å²) in [5.41, 5.74) is 9.75. The predicted octanol–water partition coefficient (Wildman–Crippen LogP) is 4.74. The van der Waals surface area contributed by atoms with Crippen molar-refractivity contribution in [1.29, 1.82) is 0 Å². The second-order valence-corrected chi connectivity index (χ2v) is 7.27. The summed E-state index contributed by atoms with van der Waals surface area (Å²) in [6.07, 6.45) is 0.880. The fourth-order valence-corrected chi connectivity index (χ4v) is 3.20. The lowest BCUT2D eigenvalue weighted by molar-refractivity contribution is 0.734. The zero-order valence-electron chi connectivity index (χ0n) is 12.3. The van der Waals surface area contributed by atoms with E-state index >= 15 is 0 Å². The minimum Gasteiger partial charge on any atom is -0.370 e. The number of nitrogens with zero attached hydrogens (tertiary/aromatic N) is 1. The van der Waals surface area contributed by atoms with E-state index in [1.54, 1.807) is 0 Å². The van der Waals surface area contributed by atoms with Crippen LogP contribution in [-0.4, -0.2) is 13.1 Å². The van der Waals surface area contributed by atoms with Crippen molar-refractivity contribution in [2.24, 2.45) is 5.73 Å². The summed E-state index contributed by atoms with van der Waals surface area (Å²) in [6, 6.07) is 15.0. The van der Waals surface area contributed by atoms with Gasteiger partial charge >= 0.3 is 0 Å². The molecule has 0 aliphatic carbocycles. The maximum atomic E-state index is 5.97. The van der Waals surface area contributed by atoms with Crippen LogP contribution in [0.2, 0.25) is 0 Å². The predicted molar refractivity (Wildman–Crippen MR) is 97.7 cm³/mol. The molecule has 0 aromatic heterocycles. The topological polar surface area (TPSA) is 29.3 Å². The van der Waals surface area contributed by atoms with Crippen LogP contribution in [0.4, 0.5) is 5.69 Å². The lowest BCUT2D eigenvalue weighted by Gasteiger charge is -2.24. The zero-order valence-corrected chi connectivity index (χ0v) is 15.5. The summed E-state index contributed by atoms with van der Waals surface area (Å²) < 4.78 is 2.20. The number of benzene rings is 2. The molecule has 0 saturated carbocycles. The Morgan fingerprint density at radius 3 is 2.48 bits per heavy atom. The number of nitrogens with two attached hydrogens (primary N) is 1. The molecule has 4 heteroatoms. The normalized spacial score (nSPS) is 12.2.